The summed E-state index contributed by atoms with van der Waals surface area (Å²) in [5, 5.41) is 11.3. The van der Waals surface area contributed by atoms with Gasteiger partial charge in [0.25, 0.3) is 5.56 Å². The Balaban J connectivity index is 1.55. The van der Waals surface area contributed by atoms with E-state index in [2.05, 4.69) is 15.2 Å². The second kappa shape index (κ2) is 6.45. The highest BCUT2D eigenvalue weighted by atomic mass is 32.2. The van der Waals surface area contributed by atoms with Gasteiger partial charge in [-0.15, -0.1) is 21.5 Å². The van der Waals surface area contributed by atoms with E-state index >= 15 is 0 Å². The van der Waals surface area contributed by atoms with Gasteiger partial charge in [-0.05, 0) is 30.5 Å². The molecule has 0 unspecified atom stereocenters. The molecule has 1 aromatic carbocycles. The van der Waals surface area contributed by atoms with Crippen LogP contribution in [-0.2, 0) is 12.8 Å². The lowest BCUT2D eigenvalue weighted by Gasteiger charge is -2.05. The van der Waals surface area contributed by atoms with E-state index in [0.717, 1.165) is 10.4 Å². The van der Waals surface area contributed by atoms with Gasteiger partial charge in [-0.25, -0.2) is 4.98 Å². The molecule has 0 aliphatic rings. The molecular formula is C17H14N4O2S2. The van der Waals surface area contributed by atoms with E-state index in [1.807, 2.05) is 36.6 Å². The first-order chi connectivity index (χ1) is 12.1. The van der Waals surface area contributed by atoms with E-state index in [4.69, 9.17) is 4.42 Å². The summed E-state index contributed by atoms with van der Waals surface area (Å²) < 4.78 is 7.27. The van der Waals surface area contributed by atoms with Crippen LogP contribution >= 0.6 is 23.1 Å². The van der Waals surface area contributed by atoms with Crippen molar-refractivity contribution >= 4 is 33.3 Å². The van der Waals surface area contributed by atoms with E-state index in [9.17, 15) is 4.79 Å². The van der Waals surface area contributed by atoms with Crippen molar-refractivity contribution in [3.8, 4) is 11.5 Å². The molecule has 4 rings (SSSR count). The Labute approximate surface area is 151 Å². The Kier molecular flexibility index (Phi) is 4.14. The van der Waals surface area contributed by atoms with E-state index in [0.29, 0.717) is 28.1 Å². The molecule has 0 amide bonds. The van der Waals surface area contributed by atoms with Gasteiger partial charge in [0.05, 0.1) is 11.1 Å². The number of thioether (sulfide) groups is 1. The summed E-state index contributed by atoms with van der Waals surface area (Å²) in [7, 11) is 1.72. The third-order valence-corrected chi connectivity index (χ3v) is 5.58. The van der Waals surface area contributed by atoms with Crippen LogP contribution in [0.5, 0.6) is 0 Å². The fourth-order valence-electron chi connectivity index (χ4n) is 2.36. The number of rotatable bonds is 4. The predicted octanol–water partition coefficient (Wildman–Crippen LogP) is 3.65. The fourth-order valence-corrected chi connectivity index (χ4v) is 3.97. The SMILES string of the molecule is Cc1ccc(-c2nnc(CSc3nc4sccc4c(=O)n3C)o2)cc1. The highest BCUT2D eigenvalue weighted by molar-refractivity contribution is 7.98. The van der Waals surface area contributed by atoms with Crippen molar-refractivity contribution in [3.05, 3.63) is 57.5 Å². The average Bonchev–Trinajstić information content (AvgIpc) is 3.27. The van der Waals surface area contributed by atoms with Crippen LogP contribution in [-0.4, -0.2) is 19.7 Å². The van der Waals surface area contributed by atoms with Crippen LogP contribution in [0.15, 0.2) is 50.1 Å². The Morgan fingerprint density at radius 3 is 2.80 bits per heavy atom. The molecular weight excluding hydrogens is 356 g/mol. The molecule has 0 aliphatic carbocycles. The number of nitrogens with zero attached hydrogens (tertiary/aromatic N) is 4. The number of hydrogen-bond donors (Lipinski definition) is 0. The second-order valence-electron chi connectivity index (χ2n) is 5.55. The molecule has 0 fully saturated rings. The molecule has 0 spiro atoms. The molecule has 0 bridgehead atoms. The molecule has 4 aromatic rings. The summed E-state index contributed by atoms with van der Waals surface area (Å²) >= 11 is 2.87. The van der Waals surface area contributed by atoms with Crippen LogP contribution < -0.4 is 5.56 Å². The van der Waals surface area contributed by atoms with Crippen LogP contribution in [0.25, 0.3) is 21.7 Å². The zero-order valence-corrected chi connectivity index (χ0v) is 15.2. The topological polar surface area (TPSA) is 73.8 Å². The zero-order chi connectivity index (χ0) is 17.4. The third-order valence-electron chi connectivity index (χ3n) is 3.75. The first-order valence-electron chi connectivity index (χ1n) is 7.58. The molecule has 3 aromatic heterocycles. The lowest BCUT2D eigenvalue weighted by Crippen LogP contribution is -2.19. The van der Waals surface area contributed by atoms with Crippen molar-refractivity contribution in [3.63, 3.8) is 0 Å². The third kappa shape index (κ3) is 3.10. The maximum absolute atomic E-state index is 12.3. The Hall–Kier alpha value is -2.45. The van der Waals surface area contributed by atoms with Gasteiger partial charge >= 0.3 is 0 Å². The number of aromatic nitrogens is 4. The average molecular weight is 370 g/mol. The minimum atomic E-state index is -0.0420. The number of fused-ring (bicyclic) bond motifs is 1. The smallest absolute Gasteiger partial charge is 0.262 e. The molecule has 6 nitrogen and oxygen atoms in total. The molecule has 8 heteroatoms. The van der Waals surface area contributed by atoms with Crippen molar-refractivity contribution < 1.29 is 4.42 Å². The summed E-state index contributed by atoms with van der Waals surface area (Å²) in [5.74, 6) is 1.45. The number of benzene rings is 1. The molecule has 126 valence electrons. The van der Waals surface area contributed by atoms with Gasteiger partial charge in [-0.3, -0.25) is 9.36 Å². The van der Waals surface area contributed by atoms with Gasteiger partial charge in [0.15, 0.2) is 5.16 Å². The molecule has 0 saturated heterocycles. The van der Waals surface area contributed by atoms with Crippen molar-refractivity contribution in [2.45, 2.75) is 17.8 Å². The van der Waals surface area contributed by atoms with E-state index in [-0.39, 0.29) is 5.56 Å². The van der Waals surface area contributed by atoms with Gasteiger partial charge in [-0.1, -0.05) is 29.5 Å². The summed E-state index contributed by atoms with van der Waals surface area (Å²) in [6, 6.07) is 9.72. The van der Waals surface area contributed by atoms with E-state index in [1.165, 1.54) is 28.7 Å². The first-order valence-corrected chi connectivity index (χ1v) is 9.45. The largest absolute Gasteiger partial charge is 0.420 e. The van der Waals surface area contributed by atoms with Crippen molar-refractivity contribution in [1.82, 2.24) is 19.7 Å². The molecule has 0 radical (unpaired) electrons. The monoisotopic (exact) mass is 370 g/mol. The van der Waals surface area contributed by atoms with Gasteiger partial charge in [0.1, 0.15) is 4.83 Å². The zero-order valence-electron chi connectivity index (χ0n) is 13.6. The lowest BCUT2D eigenvalue weighted by atomic mass is 10.1. The Morgan fingerprint density at radius 1 is 1.20 bits per heavy atom. The molecule has 0 atom stereocenters. The van der Waals surface area contributed by atoms with Crippen LogP contribution in [0.4, 0.5) is 0 Å². The van der Waals surface area contributed by atoms with Crippen LogP contribution in [0.1, 0.15) is 11.5 Å². The summed E-state index contributed by atoms with van der Waals surface area (Å²) in [6.45, 7) is 2.03. The van der Waals surface area contributed by atoms with E-state index in [1.54, 1.807) is 17.7 Å². The summed E-state index contributed by atoms with van der Waals surface area (Å²) in [4.78, 5) is 17.6. The maximum atomic E-state index is 12.3. The quantitative estimate of drug-likeness (QED) is 0.403. The Bertz CT molecular complexity index is 1100. The lowest BCUT2D eigenvalue weighted by molar-refractivity contribution is 0.528. The minimum absolute atomic E-state index is 0.0420. The van der Waals surface area contributed by atoms with Crippen LogP contribution in [0, 0.1) is 6.92 Å². The van der Waals surface area contributed by atoms with Crippen molar-refractivity contribution in [2.24, 2.45) is 7.05 Å². The van der Waals surface area contributed by atoms with Crippen molar-refractivity contribution in [2.75, 3.05) is 0 Å². The highest BCUT2D eigenvalue weighted by Crippen LogP contribution is 2.25. The highest BCUT2D eigenvalue weighted by Gasteiger charge is 2.13. The standard InChI is InChI=1S/C17H14N4O2S2/c1-10-3-5-11(6-4-10)14-20-19-13(23-14)9-25-17-18-15-12(7-8-24-15)16(22)21(17)2/h3-8H,9H2,1-2H3. The first kappa shape index (κ1) is 16.0. The maximum Gasteiger partial charge on any atom is 0.262 e. The molecule has 0 saturated carbocycles. The van der Waals surface area contributed by atoms with Crippen LogP contribution in [0.3, 0.4) is 0 Å². The fraction of sp³-hybridized carbons (Fsp3) is 0.176. The Morgan fingerprint density at radius 2 is 2.00 bits per heavy atom. The van der Waals surface area contributed by atoms with Crippen molar-refractivity contribution in [1.29, 1.82) is 0 Å². The molecule has 3 heterocycles. The number of hydrogen-bond acceptors (Lipinski definition) is 7. The second-order valence-corrected chi connectivity index (χ2v) is 7.39. The van der Waals surface area contributed by atoms with Gasteiger partial charge in [-0.2, -0.15) is 0 Å². The number of thiophene rings is 1. The molecule has 0 N–H and O–H groups in total. The summed E-state index contributed by atoms with van der Waals surface area (Å²) in [6.07, 6.45) is 0. The van der Waals surface area contributed by atoms with E-state index < -0.39 is 0 Å². The van der Waals surface area contributed by atoms with Gasteiger partial charge in [0, 0.05) is 12.6 Å². The predicted molar refractivity (Wildman–Crippen MR) is 98.9 cm³/mol. The molecule has 0 aliphatic heterocycles. The summed E-state index contributed by atoms with van der Waals surface area (Å²) in [5.41, 5.74) is 2.02. The van der Waals surface area contributed by atoms with Gasteiger partial charge < -0.3 is 4.42 Å². The number of aryl methyl sites for hydroxylation is 1. The normalized spacial score (nSPS) is 11.3. The van der Waals surface area contributed by atoms with Gasteiger partial charge in [0.2, 0.25) is 11.8 Å². The molecule has 25 heavy (non-hydrogen) atoms. The minimum Gasteiger partial charge on any atom is -0.420 e. The van der Waals surface area contributed by atoms with Crippen LogP contribution in [0.2, 0.25) is 0 Å².